The van der Waals surface area contributed by atoms with E-state index in [0.29, 0.717) is 24.8 Å². The van der Waals surface area contributed by atoms with E-state index in [0.717, 1.165) is 37.6 Å². The number of nitrogens with two attached hydrogens (primary N) is 1. The number of benzene rings is 1. The highest BCUT2D eigenvalue weighted by Crippen LogP contribution is 2.39. The van der Waals surface area contributed by atoms with Crippen molar-refractivity contribution < 1.29 is 13.3 Å². The van der Waals surface area contributed by atoms with Crippen LogP contribution in [0.25, 0.3) is 0 Å². The normalized spacial score (nSPS) is 18.6. The van der Waals surface area contributed by atoms with Gasteiger partial charge in [0.1, 0.15) is 17.0 Å². The van der Waals surface area contributed by atoms with Gasteiger partial charge in [-0.25, -0.2) is 13.6 Å². The third kappa shape index (κ3) is 3.52. The molecule has 2 aliphatic rings. The summed E-state index contributed by atoms with van der Waals surface area (Å²) >= 11 is 0. The van der Waals surface area contributed by atoms with Crippen molar-refractivity contribution in [2.24, 2.45) is 5.14 Å². The van der Waals surface area contributed by atoms with Crippen molar-refractivity contribution in [2.45, 2.75) is 42.5 Å². The fourth-order valence-corrected chi connectivity index (χ4v) is 4.44. The van der Waals surface area contributed by atoms with Gasteiger partial charge in [-0.1, -0.05) is 0 Å². The number of hydrogen-bond donors (Lipinski definition) is 1. The molecular weight excluding hydrogens is 372 g/mol. The van der Waals surface area contributed by atoms with Crippen LogP contribution in [0.1, 0.15) is 43.5 Å². The lowest BCUT2D eigenvalue weighted by Gasteiger charge is -2.34. The molecule has 1 saturated heterocycles. The lowest BCUT2D eigenvalue weighted by molar-refractivity contribution is -0.385. The maximum absolute atomic E-state index is 12.0. The average Bonchev–Trinajstić information content (AvgIpc) is 3.37. The van der Waals surface area contributed by atoms with Gasteiger partial charge < -0.3 is 9.47 Å². The molecule has 1 aromatic carbocycles. The molecule has 0 radical (unpaired) electrons. The number of nitro groups is 1. The first-order valence-corrected chi connectivity index (χ1v) is 10.3. The summed E-state index contributed by atoms with van der Waals surface area (Å²) in [6, 6.07) is 4.31. The summed E-state index contributed by atoms with van der Waals surface area (Å²) in [6.07, 6.45) is 5.70. The highest BCUT2D eigenvalue weighted by molar-refractivity contribution is 7.89. The van der Waals surface area contributed by atoms with Crippen molar-refractivity contribution in [1.82, 2.24) is 14.8 Å². The van der Waals surface area contributed by atoms with Crippen LogP contribution in [0.4, 0.5) is 11.4 Å². The molecule has 0 bridgehead atoms. The maximum atomic E-state index is 12.0. The molecule has 2 heterocycles. The Morgan fingerprint density at radius 2 is 1.89 bits per heavy atom. The zero-order valence-electron chi connectivity index (χ0n) is 14.6. The molecule has 1 aromatic heterocycles. The summed E-state index contributed by atoms with van der Waals surface area (Å²) < 4.78 is 26.1. The van der Waals surface area contributed by atoms with E-state index in [1.807, 2.05) is 4.90 Å². The second kappa shape index (κ2) is 6.57. The van der Waals surface area contributed by atoms with Crippen LogP contribution in [0.5, 0.6) is 0 Å². The SMILES string of the molecule is NS(=O)(=O)c1cc([N+](=O)[O-])ccc1N1CCC(c2nncn2C2CC2)CC1. The molecule has 2 aromatic rings. The quantitative estimate of drug-likeness (QED) is 0.602. The van der Waals surface area contributed by atoms with Crippen LogP contribution < -0.4 is 10.0 Å². The first-order valence-electron chi connectivity index (χ1n) is 8.80. The summed E-state index contributed by atoms with van der Waals surface area (Å²) in [7, 11) is -4.08. The molecule has 1 saturated carbocycles. The Morgan fingerprint density at radius 1 is 1.19 bits per heavy atom. The molecule has 0 unspecified atom stereocenters. The average molecular weight is 392 g/mol. The molecular formula is C16H20N6O4S. The maximum Gasteiger partial charge on any atom is 0.270 e. The molecule has 0 atom stereocenters. The Balaban J connectivity index is 1.56. The molecule has 1 aliphatic heterocycles. The number of primary sulfonamides is 1. The molecule has 0 amide bonds. The van der Waals surface area contributed by atoms with E-state index < -0.39 is 14.9 Å². The molecule has 27 heavy (non-hydrogen) atoms. The number of non-ortho nitro benzene ring substituents is 1. The summed E-state index contributed by atoms with van der Waals surface area (Å²) in [6.45, 7) is 1.23. The van der Waals surface area contributed by atoms with E-state index in [4.69, 9.17) is 5.14 Å². The van der Waals surface area contributed by atoms with Gasteiger partial charge >= 0.3 is 0 Å². The number of aromatic nitrogens is 3. The van der Waals surface area contributed by atoms with E-state index in [2.05, 4.69) is 14.8 Å². The number of rotatable bonds is 5. The zero-order chi connectivity index (χ0) is 19.2. The van der Waals surface area contributed by atoms with Crippen LogP contribution in [0.3, 0.4) is 0 Å². The van der Waals surface area contributed by atoms with E-state index in [1.165, 1.54) is 12.1 Å². The number of piperidine rings is 1. The number of sulfonamides is 1. The lowest BCUT2D eigenvalue weighted by atomic mass is 9.95. The van der Waals surface area contributed by atoms with Crippen LogP contribution in [0.15, 0.2) is 29.4 Å². The minimum atomic E-state index is -4.08. The van der Waals surface area contributed by atoms with Crippen LogP contribution >= 0.6 is 0 Å². The number of nitro benzene ring substituents is 1. The molecule has 11 heteroatoms. The minimum Gasteiger partial charge on any atom is -0.370 e. The van der Waals surface area contributed by atoms with Gasteiger partial charge in [0.15, 0.2) is 0 Å². The molecule has 2 fully saturated rings. The predicted molar refractivity (Wildman–Crippen MR) is 97.0 cm³/mol. The molecule has 4 rings (SSSR count). The Kier molecular flexibility index (Phi) is 4.35. The van der Waals surface area contributed by atoms with Gasteiger partial charge in [0.2, 0.25) is 10.0 Å². The third-order valence-electron chi connectivity index (χ3n) is 5.20. The minimum absolute atomic E-state index is 0.212. The standard InChI is InChI=1S/C16H20N6O4S/c17-27(25,26)15-9-13(22(23)24)3-4-14(15)20-7-5-11(6-8-20)16-19-18-10-21(16)12-1-2-12/h3-4,9-12H,1-2,5-8H2,(H2,17,25,26). The Morgan fingerprint density at radius 3 is 2.48 bits per heavy atom. The number of hydrogen-bond acceptors (Lipinski definition) is 7. The van der Waals surface area contributed by atoms with Gasteiger partial charge in [0, 0.05) is 37.2 Å². The van der Waals surface area contributed by atoms with Gasteiger partial charge in [-0.05, 0) is 31.7 Å². The fraction of sp³-hybridized carbons (Fsp3) is 0.500. The first kappa shape index (κ1) is 17.9. The second-order valence-corrected chi connectivity index (χ2v) is 8.57. The van der Waals surface area contributed by atoms with E-state index in [9.17, 15) is 18.5 Å². The lowest BCUT2D eigenvalue weighted by Crippen LogP contribution is -2.35. The third-order valence-corrected chi connectivity index (χ3v) is 6.14. The molecule has 2 N–H and O–H groups in total. The Bertz CT molecular complexity index is 977. The molecule has 144 valence electrons. The van der Waals surface area contributed by atoms with Crippen LogP contribution in [0, 0.1) is 10.1 Å². The monoisotopic (exact) mass is 392 g/mol. The van der Waals surface area contributed by atoms with Crippen molar-refractivity contribution in [2.75, 3.05) is 18.0 Å². The molecule has 10 nitrogen and oxygen atoms in total. The number of anilines is 1. The van der Waals surface area contributed by atoms with Crippen molar-refractivity contribution >= 4 is 21.4 Å². The van der Waals surface area contributed by atoms with E-state index in [1.54, 1.807) is 6.33 Å². The van der Waals surface area contributed by atoms with Crippen molar-refractivity contribution in [3.63, 3.8) is 0 Å². The molecule has 0 spiro atoms. The van der Waals surface area contributed by atoms with Gasteiger partial charge in [-0.2, -0.15) is 0 Å². The smallest absolute Gasteiger partial charge is 0.270 e. The molecule has 1 aliphatic carbocycles. The number of nitrogens with zero attached hydrogens (tertiary/aromatic N) is 5. The van der Waals surface area contributed by atoms with Crippen molar-refractivity contribution in [3.8, 4) is 0 Å². The zero-order valence-corrected chi connectivity index (χ0v) is 15.4. The summed E-state index contributed by atoms with van der Waals surface area (Å²) in [5.74, 6) is 1.26. The topological polar surface area (TPSA) is 137 Å². The largest absolute Gasteiger partial charge is 0.370 e. The van der Waals surface area contributed by atoms with Gasteiger partial charge in [0.25, 0.3) is 5.69 Å². The summed E-state index contributed by atoms with van der Waals surface area (Å²) in [5.41, 5.74) is 0.111. The van der Waals surface area contributed by atoms with Crippen LogP contribution in [-0.4, -0.2) is 41.2 Å². The van der Waals surface area contributed by atoms with E-state index in [-0.39, 0.29) is 16.5 Å². The van der Waals surface area contributed by atoms with Gasteiger partial charge in [0.05, 0.1) is 10.6 Å². The highest BCUT2D eigenvalue weighted by atomic mass is 32.2. The predicted octanol–water partition coefficient (Wildman–Crippen LogP) is 1.55. The summed E-state index contributed by atoms with van der Waals surface area (Å²) in [4.78, 5) is 12.0. The fourth-order valence-electron chi connectivity index (χ4n) is 3.66. The Hall–Kier alpha value is -2.53. The van der Waals surface area contributed by atoms with Crippen LogP contribution in [-0.2, 0) is 10.0 Å². The van der Waals surface area contributed by atoms with Crippen LogP contribution in [0.2, 0.25) is 0 Å². The summed E-state index contributed by atoms with van der Waals surface area (Å²) in [5, 5.41) is 24.6. The van der Waals surface area contributed by atoms with Crippen molar-refractivity contribution in [3.05, 3.63) is 40.5 Å². The highest BCUT2D eigenvalue weighted by Gasteiger charge is 2.32. The van der Waals surface area contributed by atoms with Gasteiger partial charge in [-0.15, -0.1) is 10.2 Å². The second-order valence-electron chi connectivity index (χ2n) is 7.04. The van der Waals surface area contributed by atoms with Crippen molar-refractivity contribution in [1.29, 1.82) is 0 Å². The van der Waals surface area contributed by atoms with E-state index >= 15 is 0 Å². The Labute approximate surface area is 156 Å². The first-order chi connectivity index (χ1) is 12.8. The van der Waals surface area contributed by atoms with Gasteiger partial charge in [-0.3, -0.25) is 10.1 Å².